The molecule has 0 fully saturated rings. The van der Waals surface area contributed by atoms with Crippen molar-refractivity contribution in [3.8, 4) is 5.75 Å². The van der Waals surface area contributed by atoms with E-state index >= 15 is 0 Å². The van der Waals surface area contributed by atoms with Crippen molar-refractivity contribution >= 4 is 23.4 Å². The van der Waals surface area contributed by atoms with Gasteiger partial charge in [0.25, 0.3) is 5.91 Å². The summed E-state index contributed by atoms with van der Waals surface area (Å²) in [5.41, 5.74) is 1.91. The molecule has 28 heavy (non-hydrogen) atoms. The van der Waals surface area contributed by atoms with Crippen LogP contribution >= 0.6 is 0 Å². The third-order valence-corrected chi connectivity index (χ3v) is 4.27. The summed E-state index contributed by atoms with van der Waals surface area (Å²) in [7, 11) is 1.96. The number of hydrogen-bond acceptors (Lipinski definition) is 3. The van der Waals surface area contributed by atoms with Gasteiger partial charge < -0.3 is 15.0 Å². The van der Waals surface area contributed by atoms with Gasteiger partial charge in [0, 0.05) is 24.4 Å². The fourth-order valence-electron chi connectivity index (χ4n) is 3.11. The summed E-state index contributed by atoms with van der Waals surface area (Å²) in [6.07, 6.45) is -3.24. The van der Waals surface area contributed by atoms with Crippen molar-refractivity contribution in [3.63, 3.8) is 0 Å². The van der Waals surface area contributed by atoms with E-state index in [1.54, 1.807) is 6.07 Å². The maximum Gasteiger partial charge on any atom is 0.409 e. The second-order valence-electron chi connectivity index (χ2n) is 7.35. The minimum Gasteiger partial charge on any atom is -0.484 e. The van der Waals surface area contributed by atoms with Crippen LogP contribution in [0.4, 0.5) is 24.5 Å². The SMILES string of the molecule is CN1CC(C)(C)Oc2ccc(NC(=O)c3ccc(C=CC(F)(F)F)cc3)cc21. The Kier molecular flexibility index (Phi) is 5.10. The molecule has 0 saturated heterocycles. The molecule has 0 spiro atoms. The highest BCUT2D eigenvalue weighted by Crippen LogP contribution is 2.38. The molecule has 0 unspecified atom stereocenters. The van der Waals surface area contributed by atoms with Crippen molar-refractivity contribution in [2.24, 2.45) is 0 Å². The number of alkyl halides is 3. The molecule has 0 aliphatic carbocycles. The number of rotatable bonds is 3. The number of fused-ring (bicyclic) bond motifs is 1. The lowest BCUT2D eigenvalue weighted by molar-refractivity contribution is -0.0790. The molecule has 1 aliphatic rings. The number of carbonyl (C=O) groups is 1. The topological polar surface area (TPSA) is 41.6 Å². The zero-order valence-corrected chi connectivity index (χ0v) is 15.8. The van der Waals surface area contributed by atoms with Crippen molar-refractivity contribution < 1.29 is 22.7 Å². The lowest BCUT2D eigenvalue weighted by Gasteiger charge is -2.39. The van der Waals surface area contributed by atoms with E-state index in [0.717, 1.165) is 17.5 Å². The first-order valence-electron chi connectivity index (χ1n) is 8.74. The average Bonchev–Trinajstić information content (AvgIpc) is 2.59. The number of halogens is 3. The van der Waals surface area contributed by atoms with Gasteiger partial charge in [-0.15, -0.1) is 0 Å². The number of carbonyl (C=O) groups excluding carboxylic acids is 1. The molecule has 1 amide bonds. The molecule has 0 bridgehead atoms. The first-order valence-corrected chi connectivity index (χ1v) is 8.74. The van der Waals surface area contributed by atoms with Gasteiger partial charge in [-0.05, 0) is 49.7 Å². The largest absolute Gasteiger partial charge is 0.484 e. The number of ether oxygens (including phenoxy) is 1. The van der Waals surface area contributed by atoms with Gasteiger partial charge in [-0.2, -0.15) is 13.2 Å². The number of amides is 1. The van der Waals surface area contributed by atoms with Gasteiger partial charge in [-0.1, -0.05) is 18.2 Å². The predicted molar refractivity (Wildman–Crippen MR) is 104 cm³/mol. The minimum atomic E-state index is -4.37. The molecule has 148 valence electrons. The number of benzene rings is 2. The lowest BCUT2D eigenvalue weighted by Crippen LogP contribution is -2.45. The number of allylic oxidation sites excluding steroid dienone is 1. The van der Waals surface area contributed by atoms with Crippen molar-refractivity contribution in [2.45, 2.75) is 25.6 Å². The van der Waals surface area contributed by atoms with E-state index in [1.165, 1.54) is 24.3 Å². The molecule has 0 aromatic heterocycles. The molecule has 4 nitrogen and oxygen atoms in total. The molecule has 1 heterocycles. The van der Waals surface area contributed by atoms with Gasteiger partial charge in [-0.25, -0.2) is 0 Å². The molecular formula is C21H21F3N2O2. The minimum absolute atomic E-state index is 0.162. The van der Waals surface area contributed by atoms with Gasteiger partial charge in [0.05, 0.1) is 12.2 Å². The van der Waals surface area contributed by atoms with Crippen LogP contribution in [0.25, 0.3) is 6.08 Å². The summed E-state index contributed by atoms with van der Waals surface area (Å²) in [4.78, 5) is 14.5. The summed E-state index contributed by atoms with van der Waals surface area (Å²) < 4.78 is 42.6. The Balaban J connectivity index is 1.72. The molecule has 1 aliphatic heterocycles. The van der Waals surface area contributed by atoms with E-state index in [4.69, 9.17) is 4.74 Å². The molecule has 3 rings (SSSR count). The molecule has 0 radical (unpaired) electrons. The Morgan fingerprint density at radius 2 is 1.86 bits per heavy atom. The first-order chi connectivity index (χ1) is 13.0. The average molecular weight is 390 g/mol. The van der Waals surface area contributed by atoms with Crippen LogP contribution in [0.2, 0.25) is 0 Å². The molecule has 0 atom stereocenters. The quantitative estimate of drug-likeness (QED) is 0.791. The van der Waals surface area contributed by atoms with Crippen LogP contribution in [-0.4, -0.2) is 31.3 Å². The zero-order valence-electron chi connectivity index (χ0n) is 15.8. The molecule has 2 aromatic carbocycles. The van der Waals surface area contributed by atoms with Gasteiger partial charge >= 0.3 is 6.18 Å². The summed E-state index contributed by atoms with van der Waals surface area (Å²) >= 11 is 0. The first kappa shape index (κ1) is 19.8. The van der Waals surface area contributed by atoms with Gasteiger partial charge in [-0.3, -0.25) is 4.79 Å². The monoisotopic (exact) mass is 390 g/mol. The number of anilines is 2. The second kappa shape index (κ2) is 7.22. The van der Waals surface area contributed by atoms with E-state index in [0.29, 0.717) is 23.4 Å². The summed E-state index contributed by atoms with van der Waals surface area (Å²) in [6.45, 7) is 4.73. The third-order valence-electron chi connectivity index (χ3n) is 4.27. The van der Waals surface area contributed by atoms with E-state index in [-0.39, 0.29) is 17.6 Å². The van der Waals surface area contributed by atoms with Gasteiger partial charge in [0.15, 0.2) is 0 Å². The Labute approximate surface area is 161 Å². The van der Waals surface area contributed by atoms with Crippen molar-refractivity contribution in [1.29, 1.82) is 0 Å². The summed E-state index contributed by atoms with van der Waals surface area (Å²) in [6, 6.07) is 11.3. The Morgan fingerprint density at radius 3 is 2.50 bits per heavy atom. The van der Waals surface area contributed by atoms with Crippen LogP contribution in [0.15, 0.2) is 48.5 Å². The van der Waals surface area contributed by atoms with Crippen LogP contribution in [0.5, 0.6) is 5.75 Å². The normalized spacial score (nSPS) is 15.9. The summed E-state index contributed by atoms with van der Waals surface area (Å²) in [5.74, 6) is 0.406. The van der Waals surface area contributed by atoms with E-state index < -0.39 is 6.18 Å². The van der Waals surface area contributed by atoms with E-state index in [1.807, 2.05) is 33.0 Å². The third kappa shape index (κ3) is 4.85. The smallest absolute Gasteiger partial charge is 0.409 e. The van der Waals surface area contributed by atoms with Gasteiger partial charge in [0.2, 0.25) is 0 Å². The van der Waals surface area contributed by atoms with Gasteiger partial charge in [0.1, 0.15) is 11.4 Å². The number of likely N-dealkylation sites (N-methyl/N-ethyl adjacent to an activating group) is 1. The Bertz CT molecular complexity index is 903. The molecule has 2 aromatic rings. The maximum absolute atomic E-state index is 12.4. The van der Waals surface area contributed by atoms with Crippen LogP contribution < -0.4 is 15.0 Å². The fraction of sp³-hybridized carbons (Fsp3) is 0.286. The standard InChI is InChI=1S/C21H21F3N2O2/c1-20(2)13-26(3)17-12-16(8-9-18(17)28-20)25-19(27)15-6-4-14(5-7-15)10-11-21(22,23)24/h4-12H,13H2,1-3H3,(H,25,27). The zero-order chi connectivity index (χ0) is 20.5. The molecule has 0 saturated carbocycles. The lowest BCUT2D eigenvalue weighted by atomic mass is 10.1. The highest BCUT2D eigenvalue weighted by molar-refractivity contribution is 6.04. The highest BCUT2D eigenvalue weighted by atomic mass is 19.4. The van der Waals surface area contributed by atoms with Crippen LogP contribution in [-0.2, 0) is 0 Å². The van der Waals surface area contributed by atoms with Crippen LogP contribution in [0, 0.1) is 0 Å². The van der Waals surface area contributed by atoms with E-state index in [9.17, 15) is 18.0 Å². The van der Waals surface area contributed by atoms with E-state index in [2.05, 4.69) is 10.2 Å². The van der Waals surface area contributed by atoms with Crippen LogP contribution in [0.1, 0.15) is 29.8 Å². The molecular weight excluding hydrogens is 369 g/mol. The van der Waals surface area contributed by atoms with Crippen molar-refractivity contribution in [1.82, 2.24) is 0 Å². The van der Waals surface area contributed by atoms with Crippen LogP contribution in [0.3, 0.4) is 0 Å². The van der Waals surface area contributed by atoms with Crippen molar-refractivity contribution in [3.05, 3.63) is 59.7 Å². The number of hydrogen-bond donors (Lipinski definition) is 1. The fourth-order valence-corrected chi connectivity index (χ4v) is 3.11. The second-order valence-corrected chi connectivity index (χ2v) is 7.35. The Hall–Kier alpha value is -2.96. The highest BCUT2D eigenvalue weighted by Gasteiger charge is 2.30. The molecule has 7 heteroatoms. The summed E-state index contributed by atoms with van der Waals surface area (Å²) in [5, 5.41) is 2.81. The van der Waals surface area contributed by atoms with Crippen molar-refractivity contribution in [2.75, 3.05) is 23.8 Å². The maximum atomic E-state index is 12.4. The number of nitrogens with zero attached hydrogens (tertiary/aromatic N) is 1. The Morgan fingerprint density at radius 1 is 1.18 bits per heavy atom. The number of nitrogens with one attached hydrogen (secondary N) is 1. The predicted octanol–water partition coefficient (Wildman–Crippen LogP) is 5.12. The molecule has 1 N–H and O–H groups in total.